The number of hydrogen-bond acceptors (Lipinski definition) is 2. The average molecular weight is 339 g/mol. The lowest BCUT2D eigenvalue weighted by Gasteiger charge is -2.19. The number of carbonyl (C=O) groups is 1. The third-order valence-electron chi connectivity index (χ3n) is 4.47. The van der Waals surface area contributed by atoms with E-state index in [0.29, 0.717) is 11.7 Å². The third kappa shape index (κ3) is 5.35. The van der Waals surface area contributed by atoms with Gasteiger partial charge in [-0.1, -0.05) is 65.0 Å². The van der Waals surface area contributed by atoms with E-state index in [1.807, 2.05) is 42.5 Å². The number of hydrogen-bond donors (Lipinski definition) is 1. The Morgan fingerprint density at radius 1 is 1.08 bits per heavy atom. The van der Waals surface area contributed by atoms with Crippen molar-refractivity contribution < 1.29 is 9.53 Å². The smallest absolute Gasteiger partial charge is 0.262 e. The van der Waals surface area contributed by atoms with Gasteiger partial charge in [0.1, 0.15) is 5.75 Å². The van der Waals surface area contributed by atoms with Crippen LogP contribution in [-0.2, 0) is 10.2 Å². The van der Waals surface area contributed by atoms with Gasteiger partial charge in [-0.2, -0.15) is 0 Å². The molecule has 134 valence electrons. The van der Waals surface area contributed by atoms with Crippen molar-refractivity contribution in [2.24, 2.45) is 0 Å². The molecule has 1 unspecified atom stereocenters. The van der Waals surface area contributed by atoms with E-state index in [1.165, 1.54) is 5.56 Å². The summed E-state index contributed by atoms with van der Waals surface area (Å²) in [6.45, 7) is 10.8. The highest BCUT2D eigenvalue weighted by Crippen LogP contribution is 2.27. The number of nitrogens with one attached hydrogen (secondary N) is 1. The molecule has 0 spiro atoms. The van der Waals surface area contributed by atoms with Crippen LogP contribution in [0.1, 0.15) is 58.1 Å². The maximum atomic E-state index is 12.2. The lowest BCUT2D eigenvalue weighted by Crippen LogP contribution is -2.21. The second-order valence-corrected chi connectivity index (χ2v) is 7.51. The largest absolute Gasteiger partial charge is 0.484 e. The quantitative estimate of drug-likeness (QED) is 0.753. The second kappa shape index (κ2) is 8.19. The number of rotatable bonds is 6. The van der Waals surface area contributed by atoms with Crippen molar-refractivity contribution in [3.05, 3.63) is 59.7 Å². The summed E-state index contributed by atoms with van der Waals surface area (Å²) in [5.74, 6) is 0.969. The van der Waals surface area contributed by atoms with E-state index < -0.39 is 0 Å². The van der Waals surface area contributed by atoms with Gasteiger partial charge in [-0.25, -0.2) is 0 Å². The van der Waals surface area contributed by atoms with E-state index in [1.54, 1.807) is 0 Å². The first-order chi connectivity index (χ1) is 11.8. The maximum Gasteiger partial charge on any atom is 0.262 e. The summed E-state index contributed by atoms with van der Waals surface area (Å²) < 4.78 is 5.62. The molecule has 3 heteroatoms. The Labute approximate surface area is 151 Å². The lowest BCUT2D eigenvalue weighted by atomic mass is 9.87. The summed E-state index contributed by atoms with van der Waals surface area (Å²) >= 11 is 0. The molecule has 1 N–H and O–H groups in total. The Morgan fingerprint density at radius 3 is 2.32 bits per heavy atom. The van der Waals surface area contributed by atoms with Crippen LogP contribution in [0.5, 0.6) is 5.75 Å². The van der Waals surface area contributed by atoms with Crippen LogP contribution in [0.15, 0.2) is 48.5 Å². The van der Waals surface area contributed by atoms with Gasteiger partial charge in [-0.3, -0.25) is 4.79 Å². The van der Waals surface area contributed by atoms with E-state index in [0.717, 1.165) is 17.7 Å². The molecule has 0 bridgehead atoms. The molecule has 2 aromatic carbocycles. The zero-order valence-corrected chi connectivity index (χ0v) is 15.9. The van der Waals surface area contributed by atoms with E-state index in [2.05, 4.69) is 46.0 Å². The fourth-order valence-electron chi connectivity index (χ4n) is 2.65. The Balaban J connectivity index is 1.95. The molecule has 0 aliphatic rings. The first-order valence-electron chi connectivity index (χ1n) is 8.93. The summed E-state index contributed by atoms with van der Waals surface area (Å²) in [6.07, 6.45) is 1.03. The number of carbonyl (C=O) groups excluding carboxylic acids is 1. The van der Waals surface area contributed by atoms with Crippen LogP contribution in [0.25, 0.3) is 0 Å². The van der Waals surface area contributed by atoms with Crippen LogP contribution < -0.4 is 10.1 Å². The summed E-state index contributed by atoms with van der Waals surface area (Å²) in [6, 6.07) is 15.9. The Kier molecular flexibility index (Phi) is 6.24. The van der Waals surface area contributed by atoms with Gasteiger partial charge in [-0.15, -0.1) is 0 Å². The van der Waals surface area contributed by atoms with Crippen molar-refractivity contribution in [3.8, 4) is 5.75 Å². The first-order valence-corrected chi connectivity index (χ1v) is 8.93. The van der Waals surface area contributed by atoms with Gasteiger partial charge >= 0.3 is 0 Å². The van der Waals surface area contributed by atoms with Crippen LogP contribution in [0.4, 0.5) is 5.69 Å². The zero-order chi connectivity index (χ0) is 18.4. The highest BCUT2D eigenvalue weighted by molar-refractivity contribution is 5.92. The molecule has 0 aromatic heterocycles. The summed E-state index contributed by atoms with van der Waals surface area (Å²) in [4.78, 5) is 12.2. The van der Waals surface area contributed by atoms with Crippen LogP contribution in [0.2, 0.25) is 0 Å². The van der Waals surface area contributed by atoms with Crippen molar-refractivity contribution in [3.63, 3.8) is 0 Å². The topological polar surface area (TPSA) is 38.3 Å². The molecule has 0 fully saturated rings. The number of ether oxygens (including phenoxy) is 1. The van der Waals surface area contributed by atoms with Crippen LogP contribution in [0.3, 0.4) is 0 Å². The van der Waals surface area contributed by atoms with E-state index >= 15 is 0 Å². The Hall–Kier alpha value is -2.29. The highest BCUT2D eigenvalue weighted by atomic mass is 16.5. The predicted octanol–water partition coefficient (Wildman–Crippen LogP) is 5.52. The molecule has 2 rings (SSSR count). The van der Waals surface area contributed by atoms with E-state index in [-0.39, 0.29) is 17.9 Å². The molecule has 0 heterocycles. The molecule has 0 aliphatic carbocycles. The molecule has 0 saturated carbocycles. The fourth-order valence-corrected chi connectivity index (χ4v) is 2.65. The van der Waals surface area contributed by atoms with Gasteiger partial charge in [0.25, 0.3) is 5.91 Å². The van der Waals surface area contributed by atoms with Crippen molar-refractivity contribution in [2.75, 3.05) is 11.9 Å². The molecule has 2 aromatic rings. The molecular formula is C22H29NO2. The number of para-hydroxylation sites is 1. The first kappa shape index (κ1) is 19.0. The van der Waals surface area contributed by atoms with E-state index in [4.69, 9.17) is 4.74 Å². The van der Waals surface area contributed by atoms with Crippen LogP contribution >= 0.6 is 0 Å². The molecule has 1 atom stereocenters. The van der Waals surface area contributed by atoms with Gasteiger partial charge in [0.2, 0.25) is 0 Å². The van der Waals surface area contributed by atoms with Crippen LogP contribution in [-0.4, -0.2) is 12.5 Å². The van der Waals surface area contributed by atoms with Gasteiger partial charge in [0, 0.05) is 5.69 Å². The molecule has 3 nitrogen and oxygen atoms in total. The average Bonchev–Trinajstić information content (AvgIpc) is 2.59. The van der Waals surface area contributed by atoms with Gasteiger partial charge < -0.3 is 10.1 Å². The lowest BCUT2D eigenvalue weighted by molar-refractivity contribution is -0.118. The minimum absolute atomic E-state index is 0.00368. The molecule has 0 saturated heterocycles. The fraction of sp³-hybridized carbons (Fsp3) is 0.409. The Bertz CT molecular complexity index is 699. The summed E-state index contributed by atoms with van der Waals surface area (Å²) in [5, 5.41) is 2.97. The van der Waals surface area contributed by atoms with Crippen molar-refractivity contribution in [2.45, 2.75) is 52.4 Å². The van der Waals surface area contributed by atoms with Crippen molar-refractivity contribution in [1.29, 1.82) is 0 Å². The summed E-state index contributed by atoms with van der Waals surface area (Å²) in [5.41, 5.74) is 3.38. The monoisotopic (exact) mass is 339 g/mol. The highest BCUT2D eigenvalue weighted by Gasteiger charge is 2.14. The van der Waals surface area contributed by atoms with E-state index in [9.17, 15) is 4.79 Å². The molecule has 25 heavy (non-hydrogen) atoms. The predicted molar refractivity (Wildman–Crippen MR) is 104 cm³/mol. The zero-order valence-electron chi connectivity index (χ0n) is 15.9. The Morgan fingerprint density at radius 2 is 1.72 bits per heavy atom. The minimum Gasteiger partial charge on any atom is -0.484 e. The normalized spacial score (nSPS) is 12.5. The second-order valence-electron chi connectivity index (χ2n) is 7.51. The number of anilines is 1. The van der Waals surface area contributed by atoms with Gasteiger partial charge in [-0.05, 0) is 47.1 Å². The van der Waals surface area contributed by atoms with Gasteiger partial charge in [0.15, 0.2) is 6.61 Å². The summed E-state index contributed by atoms with van der Waals surface area (Å²) in [7, 11) is 0. The molecule has 0 radical (unpaired) electrons. The number of amides is 1. The van der Waals surface area contributed by atoms with Gasteiger partial charge in [0.05, 0.1) is 0 Å². The van der Waals surface area contributed by atoms with Crippen molar-refractivity contribution >= 4 is 11.6 Å². The standard InChI is InChI=1S/C22H29NO2/c1-6-16(2)19-9-7-8-10-20(19)23-21(24)15-25-18-13-11-17(12-14-18)22(3,4)5/h7-14,16H,6,15H2,1-5H3,(H,23,24). The third-order valence-corrected chi connectivity index (χ3v) is 4.47. The van der Waals surface area contributed by atoms with Crippen LogP contribution in [0, 0.1) is 0 Å². The maximum absolute atomic E-state index is 12.2. The molecule has 0 aliphatic heterocycles. The molecule has 1 amide bonds. The number of benzene rings is 2. The minimum atomic E-state index is -0.143. The molecular weight excluding hydrogens is 310 g/mol. The van der Waals surface area contributed by atoms with Crippen molar-refractivity contribution in [1.82, 2.24) is 0 Å². The SMILES string of the molecule is CCC(C)c1ccccc1NC(=O)COc1ccc(C(C)(C)C)cc1.